The topological polar surface area (TPSA) is 103 Å². The molecule has 2 heterocycles. The summed E-state index contributed by atoms with van der Waals surface area (Å²) in [5.74, 6) is 0.189. The first-order valence-electron chi connectivity index (χ1n) is 11.2. The van der Waals surface area contributed by atoms with E-state index in [2.05, 4.69) is 20.7 Å². The van der Waals surface area contributed by atoms with Crippen molar-refractivity contribution < 1.29 is 14.3 Å². The molecule has 0 bridgehead atoms. The Balaban J connectivity index is 1.55. The molecule has 2 amide bonds. The first-order valence-corrected chi connectivity index (χ1v) is 11.2. The number of hydrogen-bond donors (Lipinski definition) is 2. The molecule has 174 valence electrons. The second kappa shape index (κ2) is 9.89. The van der Waals surface area contributed by atoms with E-state index in [1.807, 2.05) is 23.7 Å². The molecule has 1 aliphatic rings. The third-order valence-corrected chi connectivity index (χ3v) is 6.31. The number of benzene rings is 1. The van der Waals surface area contributed by atoms with Gasteiger partial charge in [0.25, 0.3) is 5.91 Å². The standard InChI is InChI=1S/C24H30N6O3/c1-29-15-25-14-20(29)18-10-9-17(13-21(18)33-3)27-24(32)22(16-7-5-4-6-8-16)28-23(31)19-11-12-26-30(19)2/h9-16,22H,4-8H2,1-3H3,(H,27,32)(H,28,31)/t22-/m0/s1. The Bertz CT molecular complexity index is 1130. The Morgan fingerprint density at radius 3 is 2.58 bits per heavy atom. The highest BCUT2D eigenvalue weighted by Crippen LogP contribution is 2.33. The summed E-state index contributed by atoms with van der Waals surface area (Å²) in [5, 5.41) is 10.0. The first kappa shape index (κ1) is 22.6. The van der Waals surface area contributed by atoms with Crippen LogP contribution in [0.25, 0.3) is 11.3 Å². The zero-order valence-corrected chi connectivity index (χ0v) is 19.2. The molecule has 0 radical (unpaired) electrons. The van der Waals surface area contributed by atoms with Crippen molar-refractivity contribution in [2.45, 2.75) is 38.1 Å². The molecule has 0 aliphatic heterocycles. The SMILES string of the molecule is COc1cc(NC(=O)[C@@H](NC(=O)c2ccnn2C)C2CCCCC2)ccc1-c1cncn1C. The van der Waals surface area contributed by atoms with Crippen LogP contribution >= 0.6 is 0 Å². The fraction of sp³-hybridized carbons (Fsp3) is 0.417. The van der Waals surface area contributed by atoms with Crippen molar-refractivity contribution in [2.24, 2.45) is 20.0 Å². The van der Waals surface area contributed by atoms with Gasteiger partial charge in [0.1, 0.15) is 17.5 Å². The maximum atomic E-state index is 13.4. The first-order chi connectivity index (χ1) is 16.0. The highest BCUT2D eigenvalue weighted by Gasteiger charge is 2.32. The van der Waals surface area contributed by atoms with Crippen LogP contribution in [0.15, 0.2) is 43.0 Å². The molecule has 4 rings (SSSR count). The minimum absolute atomic E-state index is 0.0894. The van der Waals surface area contributed by atoms with Crippen LogP contribution in [-0.4, -0.2) is 44.3 Å². The molecule has 1 aliphatic carbocycles. The summed E-state index contributed by atoms with van der Waals surface area (Å²) in [6, 6.07) is 6.54. The van der Waals surface area contributed by atoms with E-state index in [1.165, 1.54) is 4.68 Å². The van der Waals surface area contributed by atoms with E-state index in [0.29, 0.717) is 17.1 Å². The Hall–Kier alpha value is -3.62. The Labute approximate surface area is 193 Å². The van der Waals surface area contributed by atoms with Gasteiger partial charge in [0.05, 0.1) is 25.3 Å². The third kappa shape index (κ3) is 4.92. The maximum Gasteiger partial charge on any atom is 0.270 e. The van der Waals surface area contributed by atoms with E-state index in [1.54, 1.807) is 45.0 Å². The number of nitrogens with one attached hydrogen (secondary N) is 2. The number of aryl methyl sites for hydroxylation is 2. The number of hydrogen-bond acceptors (Lipinski definition) is 5. The quantitative estimate of drug-likeness (QED) is 0.576. The lowest BCUT2D eigenvalue weighted by molar-refractivity contribution is -0.119. The van der Waals surface area contributed by atoms with Gasteiger partial charge in [-0.05, 0) is 37.0 Å². The summed E-state index contributed by atoms with van der Waals surface area (Å²) in [4.78, 5) is 30.4. The van der Waals surface area contributed by atoms with Gasteiger partial charge in [0.15, 0.2) is 0 Å². The fourth-order valence-electron chi connectivity index (χ4n) is 4.49. The van der Waals surface area contributed by atoms with Crippen molar-refractivity contribution in [3.8, 4) is 17.0 Å². The van der Waals surface area contributed by atoms with Crippen LogP contribution in [0.3, 0.4) is 0 Å². The van der Waals surface area contributed by atoms with Gasteiger partial charge in [0, 0.05) is 37.6 Å². The largest absolute Gasteiger partial charge is 0.496 e. The highest BCUT2D eigenvalue weighted by atomic mass is 16.5. The van der Waals surface area contributed by atoms with Crippen LogP contribution in [0.5, 0.6) is 5.75 Å². The Morgan fingerprint density at radius 1 is 1.15 bits per heavy atom. The van der Waals surface area contributed by atoms with Gasteiger partial charge in [-0.25, -0.2) is 4.98 Å². The van der Waals surface area contributed by atoms with E-state index in [4.69, 9.17) is 4.74 Å². The summed E-state index contributed by atoms with van der Waals surface area (Å²) < 4.78 is 8.99. The number of methoxy groups -OCH3 is 1. The number of imidazole rings is 1. The summed E-state index contributed by atoms with van der Waals surface area (Å²) in [6.45, 7) is 0. The minimum Gasteiger partial charge on any atom is -0.496 e. The van der Waals surface area contributed by atoms with Crippen molar-refractivity contribution in [1.29, 1.82) is 0 Å². The van der Waals surface area contributed by atoms with Gasteiger partial charge in [-0.15, -0.1) is 0 Å². The number of anilines is 1. The normalized spacial score (nSPS) is 15.1. The van der Waals surface area contributed by atoms with Crippen molar-refractivity contribution in [3.05, 3.63) is 48.7 Å². The number of rotatable bonds is 7. The number of carbonyl (C=O) groups is 2. The van der Waals surface area contributed by atoms with E-state index < -0.39 is 6.04 Å². The van der Waals surface area contributed by atoms with Crippen LogP contribution in [0.2, 0.25) is 0 Å². The van der Waals surface area contributed by atoms with Crippen LogP contribution in [0.1, 0.15) is 42.6 Å². The second-order valence-electron chi connectivity index (χ2n) is 8.48. The van der Waals surface area contributed by atoms with E-state index >= 15 is 0 Å². The summed E-state index contributed by atoms with van der Waals surface area (Å²) in [6.07, 6.45) is 10.2. The minimum atomic E-state index is -0.629. The van der Waals surface area contributed by atoms with Gasteiger partial charge >= 0.3 is 0 Å². The summed E-state index contributed by atoms with van der Waals surface area (Å²) >= 11 is 0. The molecule has 1 aromatic carbocycles. The van der Waals surface area contributed by atoms with Crippen molar-refractivity contribution >= 4 is 17.5 Å². The maximum absolute atomic E-state index is 13.4. The lowest BCUT2D eigenvalue weighted by atomic mass is 9.83. The molecule has 9 nitrogen and oxygen atoms in total. The molecule has 0 unspecified atom stereocenters. The van der Waals surface area contributed by atoms with Gasteiger partial charge in [0.2, 0.25) is 5.91 Å². The van der Waals surface area contributed by atoms with Crippen LogP contribution in [0, 0.1) is 5.92 Å². The summed E-state index contributed by atoms with van der Waals surface area (Å²) in [7, 11) is 5.22. The molecule has 0 saturated heterocycles. The van der Waals surface area contributed by atoms with Crippen molar-refractivity contribution in [3.63, 3.8) is 0 Å². The smallest absolute Gasteiger partial charge is 0.270 e. The van der Waals surface area contributed by atoms with Gasteiger partial charge in [-0.2, -0.15) is 5.10 Å². The van der Waals surface area contributed by atoms with E-state index in [9.17, 15) is 9.59 Å². The third-order valence-electron chi connectivity index (χ3n) is 6.31. The molecule has 0 spiro atoms. The Kier molecular flexibility index (Phi) is 6.76. The molecule has 9 heteroatoms. The molecular formula is C24H30N6O3. The Morgan fingerprint density at radius 2 is 1.94 bits per heavy atom. The van der Waals surface area contributed by atoms with Crippen LogP contribution in [0.4, 0.5) is 5.69 Å². The highest BCUT2D eigenvalue weighted by molar-refractivity contribution is 6.01. The van der Waals surface area contributed by atoms with E-state index in [0.717, 1.165) is 43.4 Å². The average molecular weight is 451 g/mol. The monoisotopic (exact) mass is 450 g/mol. The molecule has 33 heavy (non-hydrogen) atoms. The van der Waals surface area contributed by atoms with Gasteiger partial charge in [-0.3, -0.25) is 14.3 Å². The number of amides is 2. The lowest BCUT2D eigenvalue weighted by Crippen LogP contribution is -2.49. The predicted octanol–water partition coefficient (Wildman–Crippen LogP) is 3.15. The van der Waals surface area contributed by atoms with E-state index in [-0.39, 0.29) is 17.7 Å². The molecule has 1 saturated carbocycles. The number of carbonyl (C=O) groups excluding carboxylic acids is 2. The molecule has 2 N–H and O–H groups in total. The average Bonchev–Trinajstić information content (AvgIpc) is 3.45. The van der Waals surface area contributed by atoms with Gasteiger partial charge in [-0.1, -0.05) is 19.3 Å². The molecule has 3 aromatic rings. The second-order valence-corrected chi connectivity index (χ2v) is 8.48. The number of nitrogens with zero attached hydrogens (tertiary/aromatic N) is 4. The predicted molar refractivity (Wildman–Crippen MR) is 125 cm³/mol. The number of ether oxygens (including phenoxy) is 1. The molecule has 2 aromatic heterocycles. The lowest BCUT2D eigenvalue weighted by Gasteiger charge is -2.30. The van der Waals surface area contributed by atoms with Crippen LogP contribution < -0.4 is 15.4 Å². The zero-order chi connectivity index (χ0) is 23.4. The zero-order valence-electron chi connectivity index (χ0n) is 19.2. The number of aromatic nitrogens is 4. The fourth-order valence-corrected chi connectivity index (χ4v) is 4.49. The molecule has 1 atom stereocenters. The van der Waals surface area contributed by atoms with Gasteiger partial charge < -0.3 is 19.9 Å². The molecular weight excluding hydrogens is 420 g/mol. The molecule has 1 fully saturated rings. The van der Waals surface area contributed by atoms with Crippen molar-refractivity contribution in [2.75, 3.05) is 12.4 Å². The van der Waals surface area contributed by atoms with Crippen molar-refractivity contribution in [1.82, 2.24) is 24.6 Å². The summed E-state index contributed by atoms with van der Waals surface area (Å²) in [5.41, 5.74) is 2.82. The van der Waals surface area contributed by atoms with Crippen LogP contribution in [-0.2, 0) is 18.9 Å².